The molecule has 1 saturated heterocycles. The molecule has 0 aromatic carbocycles. The molecule has 2 aromatic rings. The highest BCUT2D eigenvalue weighted by Gasteiger charge is 2.27. The number of nitrogens with one attached hydrogen (secondary N) is 1. The Hall–Kier alpha value is -2.18. The van der Waals surface area contributed by atoms with Crippen molar-refractivity contribution < 1.29 is 4.79 Å². The SMILES string of the molecule is CCCCNC(=NCc1nnc(C)n1C)N1CCN(c2cnn(C)c2)C(=O)C1.I. The van der Waals surface area contributed by atoms with Crippen LogP contribution in [0.3, 0.4) is 0 Å². The number of rotatable bonds is 6. The maximum absolute atomic E-state index is 12.7. The van der Waals surface area contributed by atoms with Crippen LogP contribution in [0.2, 0.25) is 0 Å². The molecule has 0 aliphatic carbocycles. The maximum Gasteiger partial charge on any atom is 0.246 e. The Labute approximate surface area is 188 Å². The highest BCUT2D eigenvalue weighted by molar-refractivity contribution is 14.0. The van der Waals surface area contributed by atoms with Crippen LogP contribution in [-0.4, -0.2) is 67.5 Å². The van der Waals surface area contributed by atoms with Crippen molar-refractivity contribution in [3.8, 4) is 0 Å². The molecule has 1 aliphatic heterocycles. The quantitative estimate of drug-likeness (QED) is 0.268. The number of unbranched alkanes of at least 4 members (excludes halogenated alkanes) is 1. The predicted molar refractivity (Wildman–Crippen MR) is 122 cm³/mol. The summed E-state index contributed by atoms with van der Waals surface area (Å²) in [6.07, 6.45) is 5.72. The van der Waals surface area contributed by atoms with E-state index in [4.69, 9.17) is 4.99 Å². The third-order valence-electron chi connectivity index (χ3n) is 4.89. The number of aromatic nitrogens is 5. The predicted octanol–water partition coefficient (Wildman–Crippen LogP) is 1.07. The molecular formula is C18H30IN9O. The summed E-state index contributed by atoms with van der Waals surface area (Å²) < 4.78 is 3.63. The first-order chi connectivity index (χ1) is 13.5. The zero-order valence-electron chi connectivity index (χ0n) is 17.5. The van der Waals surface area contributed by atoms with Gasteiger partial charge >= 0.3 is 0 Å². The van der Waals surface area contributed by atoms with Gasteiger partial charge in [0.15, 0.2) is 11.8 Å². The number of piperazine rings is 1. The molecule has 2 aromatic heterocycles. The highest BCUT2D eigenvalue weighted by atomic mass is 127. The van der Waals surface area contributed by atoms with Gasteiger partial charge in [-0.25, -0.2) is 4.99 Å². The molecule has 0 saturated carbocycles. The van der Waals surface area contributed by atoms with Crippen LogP contribution >= 0.6 is 24.0 Å². The molecule has 3 heterocycles. The van der Waals surface area contributed by atoms with Gasteiger partial charge in [-0.1, -0.05) is 13.3 Å². The second kappa shape index (κ2) is 10.6. The summed E-state index contributed by atoms with van der Waals surface area (Å²) >= 11 is 0. The Kier molecular flexibility index (Phi) is 8.41. The molecular weight excluding hydrogens is 485 g/mol. The van der Waals surface area contributed by atoms with Crippen molar-refractivity contribution in [3.05, 3.63) is 24.0 Å². The molecule has 10 nitrogen and oxygen atoms in total. The third-order valence-corrected chi connectivity index (χ3v) is 4.89. The van der Waals surface area contributed by atoms with Gasteiger partial charge in [-0.05, 0) is 13.3 Å². The lowest BCUT2D eigenvalue weighted by molar-refractivity contribution is -0.120. The summed E-state index contributed by atoms with van der Waals surface area (Å²) in [7, 11) is 3.78. The molecule has 0 atom stereocenters. The van der Waals surface area contributed by atoms with E-state index in [0.717, 1.165) is 42.7 Å². The lowest BCUT2D eigenvalue weighted by atomic mass is 10.3. The Morgan fingerprint density at radius 3 is 2.66 bits per heavy atom. The maximum atomic E-state index is 12.7. The molecule has 0 unspecified atom stereocenters. The van der Waals surface area contributed by atoms with Gasteiger partial charge in [-0.2, -0.15) is 5.10 Å². The molecule has 1 aliphatic rings. The normalized spacial score (nSPS) is 14.9. The van der Waals surface area contributed by atoms with Crippen LogP contribution in [0, 0.1) is 6.92 Å². The summed E-state index contributed by atoms with van der Waals surface area (Å²) in [6, 6.07) is 0. The topological polar surface area (TPSA) is 96.5 Å². The molecule has 29 heavy (non-hydrogen) atoms. The lowest BCUT2D eigenvalue weighted by Crippen LogP contribution is -2.55. The third kappa shape index (κ3) is 5.67. The Balaban J connectivity index is 0.00000300. The van der Waals surface area contributed by atoms with E-state index in [1.807, 2.05) is 36.7 Å². The number of hydrogen-bond donors (Lipinski definition) is 1. The van der Waals surface area contributed by atoms with Crippen LogP contribution in [0.1, 0.15) is 31.4 Å². The largest absolute Gasteiger partial charge is 0.356 e. The van der Waals surface area contributed by atoms with E-state index in [1.54, 1.807) is 15.8 Å². The van der Waals surface area contributed by atoms with Crippen molar-refractivity contribution in [3.63, 3.8) is 0 Å². The van der Waals surface area contributed by atoms with Crippen molar-refractivity contribution in [1.82, 2.24) is 34.8 Å². The summed E-state index contributed by atoms with van der Waals surface area (Å²) in [6.45, 7) is 6.89. The molecule has 0 radical (unpaired) electrons. The number of guanidine groups is 1. The number of anilines is 1. The Bertz CT molecular complexity index is 844. The van der Waals surface area contributed by atoms with Crippen molar-refractivity contribution in [2.45, 2.75) is 33.2 Å². The van der Waals surface area contributed by atoms with E-state index in [1.165, 1.54) is 0 Å². The van der Waals surface area contributed by atoms with Gasteiger partial charge in [-0.3, -0.25) is 9.48 Å². The van der Waals surface area contributed by atoms with Gasteiger partial charge in [0, 0.05) is 39.9 Å². The molecule has 160 valence electrons. The van der Waals surface area contributed by atoms with Gasteiger partial charge < -0.3 is 19.7 Å². The fourth-order valence-electron chi connectivity index (χ4n) is 3.05. The minimum atomic E-state index is 0. The number of nitrogens with zero attached hydrogens (tertiary/aromatic N) is 8. The van der Waals surface area contributed by atoms with Crippen LogP contribution in [0.4, 0.5) is 5.69 Å². The second-order valence-electron chi connectivity index (χ2n) is 6.98. The van der Waals surface area contributed by atoms with E-state index in [2.05, 4.69) is 27.5 Å². The fraction of sp³-hybridized carbons (Fsp3) is 0.611. The number of carbonyl (C=O) groups is 1. The fourth-order valence-corrected chi connectivity index (χ4v) is 3.05. The van der Waals surface area contributed by atoms with Crippen LogP contribution in [0.25, 0.3) is 0 Å². The minimum absolute atomic E-state index is 0. The smallest absolute Gasteiger partial charge is 0.246 e. The van der Waals surface area contributed by atoms with Crippen LogP contribution in [0.15, 0.2) is 17.4 Å². The van der Waals surface area contributed by atoms with Gasteiger partial charge in [-0.15, -0.1) is 34.2 Å². The highest BCUT2D eigenvalue weighted by Crippen LogP contribution is 2.16. The van der Waals surface area contributed by atoms with Gasteiger partial charge in [0.1, 0.15) is 18.9 Å². The molecule has 0 bridgehead atoms. The van der Waals surface area contributed by atoms with Gasteiger partial charge in [0.2, 0.25) is 5.91 Å². The van der Waals surface area contributed by atoms with Crippen molar-refractivity contribution in [2.24, 2.45) is 19.1 Å². The van der Waals surface area contributed by atoms with Crippen molar-refractivity contribution in [2.75, 3.05) is 31.1 Å². The molecule has 1 amide bonds. The minimum Gasteiger partial charge on any atom is -0.356 e. The number of aliphatic imine (C=N–C) groups is 1. The summed E-state index contributed by atoms with van der Waals surface area (Å²) in [5.74, 6) is 2.44. The Morgan fingerprint density at radius 1 is 1.28 bits per heavy atom. The van der Waals surface area contributed by atoms with E-state index >= 15 is 0 Å². The van der Waals surface area contributed by atoms with Crippen LogP contribution in [-0.2, 0) is 25.4 Å². The van der Waals surface area contributed by atoms with Crippen LogP contribution in [0.5, 0.6) is 0 Å². The summed E-state index contributed by atoms with van der Waals surface area (Å²) in [4.78, 5) is 21.2. The Morgan fingerprint density at radius 2 is 2.07 bits per heavy atom. The van der Waals surface area contributed by atoms with Crippen LogP contribution < -0.4 is 10.2 Å². The van der Waals surface area contributed by atoms with E-state index in [-0.39, 0.29) is 36.4 Å². The number of halogens is 1. The van der Waals surface area contributed by atoms with E-state index < -0.39 is 0 Å². The van der Waals surface area contributed by atoms with Crippen molar-refractivity contribution >= 4 is 41.5 Å². The van der Waals surface area contributed by atoms with Gasteiger partial charge in [0.25, 0.3) is 0 Å². The molecule has 3 rings (SSSR count). The van der Waals surface area contributed by atoms with Gasteiger partial charge in [0.05, 0.1) is 11.9 Å². The molecule has 0 spiro atoms. The first-order valence-electron chi connectivity index (χ1n) is 9.66. The number of carbonyl (C=O) groups excluding carboxylic acids is 1. The average Bonchev–Trinajstić information content (AvgIpc) is 3.24. The first-order valence-corrected chi connectivity index (χ1v) is 9.66. The standard InChI is InChI=1S/C18H29N9O.HI/c1-5-6-7-19-18(20-11-16-23-22-14(2)25(16)4)26-8-9-27(17(28)13-26)15-10-21-24(3)12-15;/h10,12H,5-9,11,13H2,1-4H3,(H,19,20);1H. The van der Waals surface area contributed by atoms with E-state index in [0.29, 0.717) is 19.6 Å². The lowest BCUT2D eigenvalue weighted by Gasteiger charge is -2.35. The zero-order valence-corrected chi connectivity index (χ0v) is 19.8. The number of hydrogen-bond acceptors (Lipinski definition) is 5. The monoisotopic (exact) mass is 515 g/mol. The number of aryl methyl sites for hydroxylation is 2. The first kappa shape index (κ1) is 23.1. The summed E-state index contributed by atoms with van der Waals surface area (Å²) in [5.41, 5.74) is 0.833. The average molecular weight is 515 g/mol. The number of amides is 1. The second-order valence-corrected chi connectivity index (χ2v) is 6.98. The molecule has 11 heteroatoms. The molecule has 1 N–H and O–H groups in total. The summed E-state index contributed by atoms with van der Waals surface area (Å²) in [5, 5.41) is 15.8. The van der Waals surface area contributed by atoms with Crippen molar-refractivity contribution in [1.29, 1.82) is 0 Å². The zero-order chi connectivity index (χ0) is 20.1. The molecule has 1 fully saturated rings. The van der Waals surface area contributed by atoms with E-state index in [9.17, 15) is 4.79 Å².